The number of ketones is 1. The van der Waals surface area contributed by atoms with Crippen LogP contribution in [0.15, 0.2) is 53.8 Å². The van der Waals surface area contributed by atoms with Crippen LogP contribution in [0.5, 0.6) is 5.88 Å². The van der Waals surface area contributed by atoms with E-state index in [1.807, 2.05) is 30.3 Å². The number of halogens is 3. The second-order valence-electron chi connectivity index (χ2n) is 9.82. The van der Waals surface area contributed by atoms with Crippen LogP contribution in [0.3, 0.4) is 0 Å². The number of amides is 1. The molecule has 16 heteroatoms. The molecule has 2 heterocycles. The first-order valence-electron chi connectivity index (χ1n) is 12.9. The number of nitrogens with one attached hydrogen (secondary N) is 1. The van der Waals surface area contributed by atoms with Gasteiger partial charge in [0.2, 0.25) is 5.60 Å². The van der Waals surface area contributed by atoms with Crippen molar-refractivity contribution in [1.29, 1.82) is 0 Å². The summed E-state index contributed by atoms with van der Waals surface area (Å²) in [6.07, 6.45) is 1.69. The molecule has 0 bridgehead atoms. The fraction of sp³-hybridized carbons (Fsp3) is 0.444. The van der Waals surface area contributed by atoms with E-state index in [2.05, 4.69) is 24.3 Å². The quantitative estimate of drug-likeness (QED) is 0.215. The van der Waals surface area contributed by atoms with Gasteiger partial charge < -0.3 is 24.6 Å². The van der Waals surface area contributed by atoms with Gasteiger partial charge in [0.15, 0.2) is 28.7 Å². The number of aromatic nitrogens is 1. The van der Waals surface area contributed by atoms with Gasteiger partial charge in [-0.15, -0.1) is 0 Å². The molecule has 0 saturated heterocycles. The lowest BCUT2D eigenvalue weighted by molar-refractivity contribution is -0.677. The third-order valence-electron chi connectivity index (χ3n) is 6.39. The molecule has 1 amide bonds. The van der Waals surface area contributed by atoms with Gasteiger partial charge in [-0.1, -0.05) is 50.2 Å². The van der Waals surface area contributed by atoms with Crippen molar-refractivity contribution in [3.05, 3.63) is 59.8 Å². The molecule has 1 unspecified atom stereocenters. The van der Waals surface area contributed by atoms with Gasteiger partial charge in [-0.2, -0.15) is 17.7 Å². The van der Waals surface area contributed by atoms with Crippen molar-refractivity contribution >= 4 is 33.5 Å². The summed E-state index contributed by atoms with van der Waals surface area (Å²) in [5, 5.41) is 16.1. The number of aliphatic carboxylic acids is 1. The number of pyridine rings is 1. The Morgan fingerprint density at radius 3 is 2.33 bits per heavy atom. The molecule has 3 rings (SSSR count). The fourth-order valence-electron chi connectivity index (χ4n) is 3.97. The lowest BCUT2D eigenvalue weighted by Crippen LogP contribution is -2.53. The molecular formula is C27H32F3N3O9S. The molecular weight excluding hydrogens is 599 g/mol. The second kappa shape index (κ2) is 14.4. The summed E-state index contributed by atoms with van der Waals surface area (Å²) < 4.78 is 66.1. The Balaban J connectivity index is 0.000000708. The van der Waals surface area contributed by atoms with Crippen LogP contribution in [-0.2, 0) is 36.4 Å². The number of hydrogen-bond acceptors (Lipinski definition) is 9. The van der Waals surface area contributed by atoms with E-state index in [-0.39, 0.29) is 18.9 Å². The number of nitrogens with zero attached hydrogens (tertiary/aromatic N) is 2. The van der Waals surface area contributed by atoms with E-state index in [0.29, 0.717) is 18.0 Å². The van der Waals surface area contributed by atoms with Crippen molar-refractivity contribution in [2.75, 3.05) is 6.61 Å². The largest absolute Gasteiger partial charge is 0.741 e. The minimum atomic E-state index is -6.09. The average Bonchev–Trinajstić information content (AvgIpc) is 3.37. The zero-order chi connectivity index (χ0) is 32.6. The topological polar surface area (TPSA) is 175 Å². The molecule has 1 aliphatic rings. The smallest absolute Gasteiger partial charge is 0.485 e. The molecule has 0 saturated carbocycles. The first-order chi connectivity index (χ1) is 19.9. The van der Waals surface area contributed by atoms with Crippen LogP contribution >= 0.6 is 0 Å². The predicted molar refractivity (Wildman–Crippen MR) is 144 cm³/mol. The van der Waals surface area contributed by atoms with Gasteiger partial charge in [0, 0.05) is 18.1 Å². The summed E-state index contributed by atoms with van der Waals surface area (Å²) in [6, 6.07) is 11.8. The van der Waals surface area contributed by atoms with Crippen LogP contribution in [-0.4, -0.2) is 65.2 Å². The molecule has 12 nitrogen and oxygen atoms in total. The molecule has 43 heavy (non-hydrogen) atoms. The summed E-state index contributed by atoms with van der Waals surface area (Å²) in [6.45, 7) is 5.56. The van der Waals surface area contributed by atoms with Gasteiger partial charge in [0.05, 0.1) is 18.2 Å². The van der Waals surface area contributed by atoms with Gasteiger partial charge in [-0.05, 0) is 24.0 Å². The number of aryl methyl sites for hydroxylation is 1. The van der Waals surface area contributed by atoms with Crippen LogP contribution < -0.4 is 14.6 Å². The molecule has 1 aromatic carbocycles. The normalized spacial score (nSPS) is 17.2. The zero-order valence-electron chi connectivity index (χ0n) is 23.8. The summed E-state index contributed by atoms with van der Waals surface area (Å²) in [4.78, 5) is 43.2. The van der Waals surface area contributed by atoms with Crippen molar-refractivity contribution in [1.82, 2.24) is 5.32 Å². The zero-order valence-corrected chi connectivity index (χ0v) is 24.6. The highest BCUT2D eigenvalue weighted by Crippen LogP contribution is 2.33. The highest BCUT2D eigenvalue weighted by Gasteiger charge is 2.47. The van der Waals surface area contributed by atoms with E-state index in [4.69, 9.17) is 22.5 Å². The standard InChI is InChI=1S/C26H31N3O6.CHF3O3S/c1-5-26(15-21(28-35-26)19-11-7-6-10-18(19)17(2)3)25(33)27-20(14-24(31)32)22(30)16-34-23-12-8-9-13-29(23)4;2-1(3,4)8(5,6)7/h6-13,17,20H,5,14-16H2,1-4H3,(H-,27,31,32,33);(H,5,6,7)/t20-,26?;/m0./s1. The third-order valence-corrected chi connectivity index (χ3v) is 6.95. The lowest BCUT2D eigenvalue weighted by atomic mass is 9.87. The van der Waals surface area contributed by atoms with Crippen LogP contribution in [0.2, 0.25) is 0 Å². The van der Waals surface area contributed by atoms with Gasteiger partial charge in [-0.3, -0.25) is 14.4 Å². The summed E-state index contributed by atoms with van der Waals surface area (Å²) in [5.41, 5.74) is -4.33. The van der Waals surface area contributed by atoms with E-state index in [1.54, 1.807) is 36.9 Å². The highest BCUT2D eigenvalue weighted by atomic mass is 32.2. The van der Waals surface area contributed by atoms with Crippen molar-refractivity contribution in [2.24, 2.45) is 12.2 Å². The fourth-order valence-corrected chi connectivity index (χ4v) is 3.97. The molecule has 0 radical (unpaired) electrons. The molecule has 1 aliphatic heterocycles. The lowest BCUT2D eigenvalue weighted by Gasteiger charge is -2.26. The number of hydrogen-bond donors (Lipinski definition) is 2. The van der Waals surface area contributed by atoms with Crippen LogP contribution in [0, 0.1) is 0 Å². The molecule has 2 atom stereocenters. The van der Waals surface area contributed by atoms with Crippen molar-refractivity contribution in [3.8, 4) is 5.88 Å². The molecule has 0 fully saturated rings. The molecule has 236 valence electrons. The Labute approximate surface area is 246 Å². The number of rotatable bonds is 11. The van der Waals surface area contributed by atoms with Crippen molar-refractivity contribution in [3.63, 3.8) is 0 Å². The van der Waals surface area contributed by atoms with E-state index >= 15 is 0 Å². The molecule has 0 spiro atoms. The van der Waals surface area contributed by atoms with Gasteiger partial charge in [0.25, 0.3) is 5.91 Å². The summed E-state index contributed by atoms with van der Waals surface area (Å²) >= 11 is 0. The number of ether oxygens (including phenoxy) is 1. The first-order valence-corrected chi connectivity index (χ1v) is 14.3. The second-order valence-corrected chi connectivity index (χ2v) is 11.2. The summed E-state index contributed by atoms with van der Waals surface area (Å²) in [7, 11) is -4.33. The Morgan fingerprint density at radius 1 is 1.19 bits per heavy atom. The summed E-state index contributed by atoms with van der Waals surface area (Å²) in [5.74, 6) is -1.66. The van der Waals surface area contributed by atoms with Crippen LogP contribution in [0.25, 0.3) is 0 Å². The average molecular weight is 632 g/mol. The number of carbonyl (C=O) groups is 3. The Bertz CT molecular complexity index is 1460. The van der Waals surface area contributed by atoms with Gasteiger partial charge in [-0.25, -0.2) is 8.42 Å². The third kappa shape index (κ3) is 9.47. The minimum Gasteiger partial charge on any atom is -0.741 e. The number of benzene rings is 1. The monoisotopic (exact) mass is 631 g/mol. The SMILES string of the molecule is CCC1(C(=O)N[C@@H](CC(=O)O)C(=O)COc2cccc[n+]2C)CC(c2ccccc2C(C)C)=NO1.O=S(=O)([O-])C(F)(F)F. The van der Waals surface area contributed by atoms with Gasteiger partial charge in [0.1, 0.15) is 13.1 Å². The molecule has 0 aliphatic carbocycles. The number of carboxylic acids is 1. The maximum absolute atomic E-state index is 13.3. The van der Waals surface area contributed by atoms with E-state index < -0.39 is 51.3 Å². The number of carbonyl (C=O) groups excluding carboxylic acids is 2. The number of alkyl halides is 3. The minimum absolute atomic E-state index is 0.212. The van der Waals surface area contributed by atoms with Crippen LogP contribution in [0.1, 0.15) is 57.1 Å². The predicted octanol–water partition coefficient (Wildman–Crippen LogP) is 2.57. The number of Topliss-reactive ketones (excluding diaryl/α,β-unsaturated/α-hetero) is 1. The Morgan fingerprint density at radius 2 is 1.79 bits per heavy atom. The van der Waals surface area contributed by atoms with E-state index in [9.17, 15) is 32.7 Å². The highest BCUT2D eigenvalue weighted by molar-refractivity contribution is 7.86. The van der Waals surface area contributed by atoms with Gasteiger partial charge >= 0.3 is 17.4 Å². The Kier molecular flexibility index (Phi) is 11.8. The number of oxime groups is 1. The molecule has 2 N–H and O–H groups in total. The molecule has 1 aromatic heterocycles. The maximum Gasteiger partial charge on any atom is 0.485 e. The van der Waals surface area contributed by atoms with E-state index in [1.165, 1.54) is 0 Å². The number of carboxylic acid groups (broad SMARTS) is 1. The maximum atomic E-state index is 13.3. The van der Waals surface area contributed by atoms with Crippen molar-refractivity contribution < 1.29 is 59.8 Å². The first kappa shape index (κ1) is 35.1. The van der Waals surface area contributed by atoms with Crippen molar-refractivity contribution in [2.45, 2.75) is 63.1 Å². The Hall–Kier alpha value is -4.05. The molecule has 2 aromatic rings. The van der Waals surface area contributed by atoms with E-state index in [0.717, 1.165) is 11.1 Å². The van der Waals surface area contributed by atoms with Crippen LogP contribution in [0.4, 0.5) is 13.2 Å².